The number of carbonyl (C=O) groups is 1. The van der Waals surface area contributed by atoms with Crippen molar-refractivity contribution in [2.75, 3.05) is 14.2 Å². The molecule has 0 saturated carbocycles. The maximum Gasteiger partial charge on any atom is 0.356 e. The van der Waals surface area contributed by atoms with Crippen molar-refractivity contribution >= 4 is 5.97 Å². The molecular formula is C7H8N2O4. The molecule has 0 atom stereocenters. The van der Waals surface area contributed by atoms with Crippen LogP contribution in [0.5, 0.6) is 11.8 Å². The van der Waals surface area contributed by atoms with E-state index in [4.69, 9.17) is 14.6 Å². The summed E-state index contributed by atoms with van der Waals surface area (Å²) < 4.78 is 9.54. The Labute approximate surface area is 74.1 Å². The molecule has 6 heteroatoms. The summed E-state index contributed by atoms with van der Waals surface area (Å²) in [5.41, 5.74) is -0.183. The first kappa shape index (κ1) is 9.24. The fourth-order valence-corrected chi connectivity index (χ4v) is 0.737. The summed E-state index contributed by atoms with van der Waals surface area (Å²) in [5, 5.41) is 8.57. The van der Waals surface area contributed by atoms with Gasteiger partial charge < -0.3 is 14.6 Å². The Kier molecular flexibility index (Phi) is 2.63. The third-order valence-electron chi connectivity index (χ3n) is 1.31. The van der Waals surface area contributed by atoms with Crippen LogP contribution in [0.2, 0.25) is 0 Å². The van der Waals surface area contributed by atoms with Crippen LogP contribution in [-0.2, 0) is 0 Å². The average molecular weight is 184 g/mol. The number of hydrogen-bond donors (Lipinski definition) is 1. The highest BCUT2D eigenvalue weighted by molar-refractivity contribution is 5.85. The summed E-state index contributed by atoms with van der Waals surface area (Å²) in [6, 6.07) is 0. The van der Waals surface area contributed by atoms with Gasteiger partial charge >= 0.3 is 5.97 Å². The number of rotatable bonds is 3. The van der Waals surface area contributed by atoms with Crippen molar-refractivity contribution in [3.8, 4) is 11.8 Å². The lowest BCUT2D eigenvalue weighted by Gasteiger charge is -2.04. The number of carboxylic acids is 1. The molecule has 0 unspecified atom stereocenters. The molecule has 0 aliphatic heterocycles. The first-order chi connectivity index (χ1) is 6.19. The molecule has 1 aromatic rings. The van der Waals surface area contributed by atoms with Gasteiger partial charge in [0, 0.05) is 0 Å². The molecule has 0 aliphatic carbocycles. The summed E-state index contributed by atoms with van der Waals surface area (Å²) in [7, 11) is 2.76. The van der Waals surface area contributed by atoms with Crippen molar-refractivity contribution in [3.63, 3.8) is 0 Å². The molecule has 0 bridgehead atoms. The van der Waals surface area contributed by atoms with E-state index < -0.39 is 5.97 Å². The monoisotopic (exact) mass is 184 g/mol. The van der Waals surface area contributed by atoms with Gasteiger partial charge in [0.2, 0.25) is 0 Å². The van der Waals surface area contributed by atoms with Crippen molar-refractivity contribution in [1.82, 2.24) is 9.97 Å². The highest BCUT2D eigenvalue weighted by Gasteiger charge is 2.12. The summed E-state index contributed by atoms with van der Waals surface area (Å²) in [5.74, 6) is -0.941. The molecule has 70 valence electrons. The van der Waals surface area contributed by atoms with E-state index in [9.17, 15) is 4.79 Å². The molecule has 0 aromatic carbocycles. The van der Waals surface area contributed by atoms with Gasteiger partial charge in [-0.3, -0.25) is 0 Å². The van der Waals surface area contributed by atoms with Gasteiger partial charge in [-0.1, -0.05) is 0 Å². The van der Waals surface area contributed by atoms with Crippen LogP contribution in [0.4, 0.5) is 0 Å². The minimum absolute atomic E-state index is 0.0578. The quantitative estimate of drug-likeness (QED) is 0.722. The molecule has 0 aliphatic rings. The number of aromatic nitrogens is 2. The normalized spacial score (nSPS) is 9.38. The summed E-state index contributed by atoms with van der Waals surface area (Å²) in [4.78, 5) is 17.8. The second-order valence-electron chi connectivity index (χ2n) is 2.08. The Balaban J connectivity index is 3.13. The van der Waals surface area contributed by atoms with Gasteiger partial charge in [0.1, 0.15) is 0 Å². The fraction of sp³-hybridized carbons (Fsp3) is 0.286. The van der Waals surface area contributed by atoms with E-state index in [1.807, 2.05) is 0 Å². The van der Waals surface area contributed by atoms with Crippen LogP contribution in [0.3, 0.4) is 0 Å². The van der Waals surface area contributed by atoms with Crippen LogP contribution < -0.4 is 9.47 Å². The Hall–Kier alpha value is -1.85. The van der Waals surface area contributed by atoms with Crippen LogP contribution in [0.1, 0.15) is 10.5 Å². The highest BCUT2D eigenvalue weighted by Crippen LogP contribution is 2.19. The lowest BCUT2D eigenvalue weighted by molar-refractivity contribution is 0.0688. The first-order valence-electron chi connectivity index (χ1n) is 3.37. The predicted octanol–water partition coefficient (Wildman–Crippen LogP) is 0.192. The van der Waals surface area contributed by atoms with Crippen molar-refractivity contribution in [2.24, 2.45) is 0 Å². The van der Waals surface area contributed by atoms with Crippen LogP contribution in [0.25, 0.3) is 0 Å². The minimum atomic E-state index is -1.16. The zero-order valence-corrected chi connectivity index (χ0v) is 7.14. The van der Waals surface area contributed by atoms with Crippen LogP contribution in [0, 0.1) is 0 Å². The smallest absolute Gasteiger partial charge is 0.356 e. The molecule has 0 radical (unpaired) electrons. The van der Waals surface area contributed by atoms with E-state index in [-0.39, 0.29) is 17.5 Å². The van der Waals surface area contributed by atoms with Crippen molar-refractivity contribution in [3.05, 3.63) is 11.9 Å². The lowest BCUT2D eigenvalue weighted by Crippen LogP contribution is -2.04. The zero-order valence-electron chi connectivity index (χ0n) is 7.14. The van der Waals surface area contributed by atoms with Crippen molar-refractivity contribution < 1.29 is 19.4 Å². The second kappa shape index (κ2) is 3.70. The largest absolute Gasteiger partial charge is 0.477 e. The number of methoxy groups -OCH3 is 2. The summed E-state index contributed by atoms with van der Waals surface area (Å²) in [6.07, 6.45) is 1.10. The Morgan fingerprint density at radius 1 is 1.38 bits per heavy atom. The zero-order chi connectivity index (χ0) is 9.84. The molecule has 1 N–H and O–H groups in total. The number of carboxylic acid groups (broad SMARTS) is 1. The van der Waals surface area contributed by atoms with E-state index in [0.717, 1.165) is 6.20 Å². The SMILES string of the molecule is COc1ncc(C(=O)O)nc1OC. The van der Waals surface area contributed by atoms with Gasteiger partial charge in [-0.25, -0.2) is 9.78 Å². The standard InChI is InChI=1S/C7H8N2O4/c1-12-5-6(13-2)9-4(3-8-5)7(10)11/h3H,1-2H3,(H,10,11). The highest BCUT2D eigenvalue weighted by atomic mass is 16.5. The van der Waals surface area contributed by atoms with E-state index in [2.05, 4.69) is 9.97 Å². The minimum Gasteiger partial charge on any atom is -0.477 e. The van der Waals surface area contributed by atoms with Crippen molar-refractivity contribution in [1.29, 1.82) is 0 Å². The number of aromatic carboxylic acids is 1. The topological polar surface area (TPSA) is 81.5 Å². The third-order valence-corrected chi connectivity index (χ3v) is 1.31. The second-order valence-corrected chi connectivity index (χ2v) is 2.08. The Morgan fingerprint density at radius 2 is 2.00 bits per heavy atom. The van der Waals surface area contributed by atoms with E-state index in [1.54, 1.807) is 0 Å². The molecule has 0 amide bonds. The maximum absolute atomic E-state index is 10.5. The third kappa shape index (κ3) is 1.84. The van der Waals surface area contributed by atoms with E-state index in [1.165, 1.54) is 14.2 Å². The molecule has 1 rings (SSSR count). The van der Waals surface area contributed by atoms with Gasteiger partial charge in [-0.2, -0.15) is 4.98 Å². The molecule has 6 nitrogen and oxygen atoms in total. The number of hydrogen-bond acceptors (Lipinski definition) is 5. The summed E-state index contributed by atoms with van der Waals surface area (Å²) in [6.45, 7) is 0. The Morgan fingerprint density at radius 3 is 2.46 bits per heavy atom. The molecule has 0 saturated heterocycles. The van der Waals surface area contributed by atoms with E-state index >= 15 is 0 Å². The van der Waals surface area contributed by atoms with Gasteiger partial charge in [0.25, 0.3) is 11.8 Å². The molecule has 0 fully saturated rings. The number of nitrogens with zero attached hydrogens (tertiary/aromatic N) is 2. The molecule has 13 heavy (non-hydrogen) atoms. The van der Waals surface area contributed by atoms with Gasteiger partial charge in [0.15, 0.2) is 5.69 Å². The number of ether oxygens (including phenoxy) is 2. The van der Waals surface area contributed by atoms with Gasteiger partial charge in [0.05, 0.1) is 20.4 Å². The van der Waals surface area contributed by atoms with Gasteiger partial charge in [-0.05, 0) is 0 Å². The van der Waals surface area contributed by atoms with Crippen LogP contribution in [0.15, 0.2) is 6.20 Å². The molecule has 1 aromatic heterocycles. The van der Waals surface area contributed by atoms with Gasteiger partial charge in [-0.15, -0.1) is 0 Å². The molecular weight excluding hydrogens is 176 g/mol. The predicted molar refractivity (Wildman–Crippen MR) is 42.1 cm³/mol. The first-order valence-corrected chi connectivity index (χ1v) is 3.37. The van der Waals surface area contributed by atoms with Crippen LogP contribution >= 0.6 is 0 Å². The van der Waals surface area contributed by atoms with Crippen LogP contribution in [-0.4, -0.2) is 35.3 Å². The average Bonchev–Trinajstić information content (AvgIpc) is 2.16. The fourth-order valence-electron chi connectivity index (χ4n) is 0.737. The van der Waals surface area contributed by atoms with E-state index in [0.29, 0.717) is 0 Å². The van der Waals surface area contributed by atoms with Crippen molar-refractivity contribution in [2.45, 2.75) is 0 Å². The molecule has 0 spiro atoms. The molecule has 1 heterocycles. The summed E-state index contributed by atoms with van der Waals surface area (Å²) >= 11 is 0. The maximum atomic E-state index is 10.5. The Bertz CT molecular complexity index is 326. The lowest BCUT2D eigenvalue weighted by atomic mass is 10.4.